The van der Waals surface area contributed by atoms with Gasteiger partial charge in [-0.3, -0.25) is 0 Å². The molecule has 0 aliphatic heterocycles. The second kappa shape index (κ2) is 7.84. The van der Waals surface area contributed by atoms with Crippen LogP contribution in [0.4, 0.5) is 0 Å². The average molecular weight is 270 g/mol. The van der Waals surface area contributed by atoms with E-state index in [4.69, 9.17) is 20.8 Å². The highest BCUT2D eigenvalue weighted by molar-refractivity contribution is 7.99. The summed E-state index contributed by atoms with van der Waals surface area (Å²) >= 11 is 1.66. The van der Waals surface area contributed by atoms with Gasteiger partial charge < -0.3 is 20.8 Å². The van der Waals surface area contributed by atoms with Crippen molar-refractivity contribution in [1.82, 2.24) is 0 Å². The standard InChI is InChI=1S/C12H18N2O3S/c1-9(8-15)18-7-6-17-11-4-2-10(3-5-11)12(13)14-16/h2-5,9,15-16H,6-8H2,1H3,(H2,13,14). The van der Waals surface area contributed by atoms with Crippen LogP contribution < -0.4 is 10.5 Å². The Balaban J connectivity index is 2.36. The molecule has 6 heteroatoms. The fraction of sp³-hybridized carbons (Fsp3) is 0.417. The molecule has 0 aromatic heterocycles. The number of benzene rings is 1. The number of ether oxygens (including phenoxy) is 1. The lowest BCUT2D eigenvalue weighted by atomic mass is 10.2. The quantitative estimate of drug-likeness (QED) is 0.228. The number of aliphatic hydroxyl groups excluding tert-OH is 1. The van der Waals surface area contributed by atoms with Gasteiger partial charge in [-0.1, -0.05) is 12.1 Å². The number of nitrogens with zero attached hydrogens (tertiary/aromatic N) is 1. The van der Waals surface area contributed by atoms with Crippen LogP contribution in [0.1, 0.15) is 12.5 Å². The average Bonchev–Trinajstić information content (AvgIpc) is 2.43. The van der Waals surface area contributed by atoms with Crippen LogP contribution in [0.2, 0.25) is 0 Å². The monoisotopic (exact) mass is 270 g/mol. The third-order valence-corrected chi connectivity index (χ3v) is 3.39. The largest absolute Gasteiger partial charge is 0.493 e. The highest BCUT2D eigenvalue weighted by atomic mass is 32.2. The first-order valence-electron chi connectivity index (χ1n) is 5.60. The number of hydrogen-bond acceptors (Lipinski definition) is 5. The molecule has 0 spiro atoms. The van der Waals surface area contributed by atoms with Gasteiger partial charge >= 0.3 is 0 Å². The van der Waals surface area contributed by atoms with Gasteiger partial charge in [0.1, 0.15) is 5.75 Å². The van der Waals surface area contributed by atoms with Crippen LogP contribution in [-0.2, 0) is 0 Å². The zero-order valence-electron chi connectivity index (χ0n) is 10.2. The Labute approximate surface area is 111 Å². The number of amidine groups is 1. The van der Waals surface area contributed by atoms with Gasteiger partial charge in [-0.2, -0.15) is 11.8 Å². The van der Waals surface area contributed by atoms with Crippen LogP contribution in [0.3, 0.4) is 0 Å². The van der Waals surface area contributed by atoms with Gasteiger partial charge in [0.15, 0.2) is 5.84 Å². The molecule has 18 heavy (non-hydrogen) atoms. The SMILES string of the molecule is CC(CO)SCCOc1ccc(/C(N)=N/O)cc1. The summed E-state index contributed by atoms with van der Waals surface area (Å²) in [5, 5.41) is 20.5. The van der Waals surface area contributed by atoms with E-state index in [9.17, 15) is 0 Å². The third kappa shape index (κ3) is 4.85. The van der Waals surface area contributed by atoms with E-state index in [1.54, 1.807) is 36.0 Å². The molecule has 0 amide bonds. The molecule has 1 unspecified atom stereocenters. The Morgan fingerprint density at radius 2 is 2.11 bits per heavy atom. The van der Waals surface area contributed by atoms with Gasteiger partial charge in [-0.25, -0.2) is 0 Å². The second-order valence-electron chi connectivity index (χ2n) is 3.72. The van der Waals surface area contributed by atoms with Crippen LogP contribution in [0, 0.1) is 0 Å². The van der Waals surface area contributed by atoms with Crippen molar-refractivity contribution in [3.63, 3.8) is 0 Å². The van der Waals surface area contributed by atoms with Gasteiger partial charge in [-0.15, -0.1) is 0 Å². The lowest BCUT2D eigenvalue weighted by Gasteiger charge is -2.09. The van der Waals surface area contributed by atoms with E-state index < -0.39 is 0 Å². The molecule has 1 rings (SSSR count). The number of aliphatic hydroxyl groups is 1. The zero-order chi connectivity index (χ0) is 13.4. The fourth-order valence-electron chi connectivity index (χ4n) is 1.24. The highest BCUT2D eigenvalue weighted by Crippen LogP contribution is 2.14. The lowest BCUT2D eigenvalue weighted by Crippen LogP contribution is -2.12. The van der Waals surface area contributed by atoms with E-state index >= 15 is 0 Å². The number of nitrogens with two attached hydrogens (primary N) is 1. The first-order chi connectivity index (χ1) is 8.67. The molecule has 1 aromatic carbocycles. The predicted octanol–water partition coefficient (Wildman–Crippen LogP) is 1.27. The summed E-state index contributed by atoms with van der Waals surface area (Å²) in [4.78, 5) is 0. The summed E-state index contributed by atoms with van der Waals surface area (Å²) in [6.07, 6.45) is 0. The molecule has 0 fully saturated rings. The first kappa shape index (κ1) is 14.7. The molecule has 0 aliphatic carbocycles. The van der Waals surface area contributed by atoms with E-state index in [2.05, 4.69) is 5.16 Å². The van der Waals surface area contributed by atoms with Crippen molar-refractivity contribution in [3.8, 4) is 5.75 Å². The van der Waals surface area contributed by atoms with E-state index in [1.807, 2.05) is 6.92 Å². The minimum atomic E-state index is 0.0777. The summed E-state index contributed by atoms with van der Waals surface area (Å²) in [5.41, 5.74) is 6.09. The molecule has 0 aliphatic rings. The predicted molar refractivity (Wildman–Crippen MR) is 73.5 cm³/mol. The summed E-state index contributed by atoms with van der Waals surface area (Å²) in [7, 11) is 0. The van der Waals surface area contributed by atoms with Gasteiger partial charge in [0, 0.05) is 16.6 Å². The maximum Gasteiger partial charge on any atom is 0.170 e. The maximum atomic E-state index is 8.85. The van der Waals surface area contributed by atoms with Crippen molar-refractivity contribution in [1.29, 1.82) is 0 Å². The minimum absolute atomic E-state index is 0.0777. The summed E-state index contributed by atoms with van der Waals surface area (Å²) < 4.78 is 5.52. The molecule has 1 atom stereocenters. The minimum Gasteiger partial charge on any atom is -0.493 e. The molecule has 0 saturated heterocycles. The highest BCUT2D eigenvalue weighted by Gasteiger charge is 2.01. The Morgan fingerprint density at radius 1 is 1.44 bits per heavy atom. The van der Waals surface area contributed by atoms with Gasteiger partial charge in [-0.05, 0) is 24.3 Å². The normalized spacial score (nSPS) is 13.3. The van der Waals surface area contributed by atoms with Crippen LogP contribution in [0.25, 0.3) is 0 Å². The van der Waals surface area contributed by atoms with Crippen LogP contribution in [0.5, 0.6) is 5.75 Å². The van der Waals surface area contributed by atoms with Gasteiger partial charge in [0.2, 0.25) is 0 Å². The van der Waals surface area contributed by atoms with E-state index in [-0.39, 0.29) is 17.7 Å². The number of hydrogen-bond donors (Lipinski definition) is 3. The molecule has 4 N–H and O–H groups in total. The van der Waals surface area contributed by atoms with E-state index in [1.165, 1.54) is 0 Å². The summed E-state index contributed by atoms with van der Waals surface area (Å²) in [5.74, 6) is 1.64. The van der Waals surface area contributed by atoms with Gasteiger partial charge in [0.05, 0.1) is 13.2 Å². The smallest absolute Gasteiger partial charge is 0.170 e. The van der Waals surface area contributed by atoms with Crippen molar-refractivity contribution in [2.24, 2.45) is 10.9 Å². The van der Waals surface area contributed by atoms with Crippen molar-refractivity contribution in [2.75, 3.05) is 19.0 Å². The second-order valence-corrected chi connectivity index (χ2v) is 5.27. The van der Waals surface area contributed by atoms with Crippen LogP contribution in [-0.4, -0.2) is 40.4 Å². The fourth-order valence-corrected chi connectivity index (χ4v) is 1.93. The topological polar surface area (TPSA) is 88.1 Å². The number of rotatable bonds is 7. The van der Waals surface area contributed by atoms with Crippen LogP contribution >= 0.6 is 11.8 Å². The van der Waals surface area contributed by atoms with Crippen molar-refractivity contribution in [2.45, 2.75) is 12.2 Å². The zero-order valence-corrected chi connectivity index (χ0v) is 11.1. The Morgan fingerprint density at radius 3 is 2.67 bits per heavy atom. The van der Waals surface area contributed by atoms with Crippen molar-refractivity contribution >= 4 is 17.6 Å². The molecule has 5 nitrogen and oxygen atoms in total. The lowest BCUT2D eigenvalue weighted by molar-refractivity contribution is 0.299. The van der Waals surface area contributed by atoms with E-state index in [0.29, 0.717) is 12.2 Å². The summed E-state index contributed by atoms with van der Waals surface area (Å²) in [6, 6.07) is 7.00. The van der Waals surface area contributed by atoms with Crippen LogP contribution in [0.15, 0.2) is 29.4 Å². The van der Waals surface area contributed by atoms with E-state index in [0.717, 1.165) is 11.5 Å². The third-order valence-electron chi connectivity index (χ3n) is 2.27. The Hall–Kier alpha value is -1.40. The first-order valence-corrected chi connectivity index (χ1v) is 6.65. The molecular formula is C12H18N2O3S. The maximum absolute atomic E-state index is 8.85. The summed E-state index contributed by atoms with van der Waals surface area (Å²) in [6.45, 7) is 2.73. The molecule has 1 aromatic rings. The molecule has 0 radical (unpaired) electrons. The molecule has 0 bridgehead atoms. The molecule has 0 heterocycles. The Kier molecular flexibility index (Phi) is 6.38. The van der Waals surface area contributed by atoms with Crippen molar-refractivity contribution in [3.05, 3.63) is 29.8 Å². The number of thioether (sulfide) groups is 1. The molecule has 0 saturated carbocycles. The van der Waals surface area contributed by atoms with Crippen molar-refractivity contribution < 1.29 is 15.1 Å². The Bertz CT molecular complexity index is 381. The molecule has 100 valence electrons. The number of oxime groups is 1. The van der Waals surface area contributed by atoms with Gasteiger partial charge in [0.25, 0.3) is 0 Å². The molecular weight excluding hydrogens is 252 g/mol.